The van der Waals surface area contributed by atoms with E-state index in [1.54, 1.807) is 20.8 Å². The summed E-state index contributed by atoms with van der Waals surface area (Å²) in [5.74, 6) is 5.06. The molecule has 0 aliphatic carbocycles. The molecule has 54 valence electrons. The SMILES string of the molecule is CC(C)(C)N(N)C(=O)[O-]. The largest absolute Gasteiger partial charge is 0.529 e. The second-order valence-electron chi connectivity index (χ2n) is 2.81. The van der Waals surface area contributed by atoms with Crippen molar-refractivity contribution in [2.45, 2.75) is 26.3 Å². The summed E-state index contributed by atoms with van der Waals surface area (Å²) in [6, 6.07) is 0. The van der Waals surface area contributed by atoms with E-state index >= 15 is 0 Å². The van der Waals surface area contributed by atoms with Crippen molar-refractivity contribution in [1.82, 2.24) is 5.01 Å². The van der Waals surface area contributed by atoms with Gasteiger partial charge in [0.2, 0.25) is 0 Å². The lowest BCUT2D eigenvalue weighted by molar-refractivity contribution is -0.271. The highest BCUT2D eigenvalue weighted by molar-refractivity contribution is 5.62. The van der Waals surface area contributed by atoms with Crippen molar-refractivity contribution in [3.8, 4) is 0 Å². The van der Waals surface area contributed by atoms with Crippen LogP contribution in [0.3, 0.4) is 0 Å². The summed E-state index contributed by atoms with van der Waals surface area (Å²) >= 11 is 0. The van der Waals surface area contributed by atoms with Crippen LogP contribution in [-0.2, 0) is 0 Å². The molecule has 0 aliphatic rings. The van der Waals surface area contributed by atoms with Gasteiger partial charge in [-0.15, -0.1) is 0 Å². The van der Waals surface area contributed by atoms with E-state index in [1.807, 2.05) is 0 Å². The number of carboxylic acid groups (broad SMARTS) is 1. The highest BCUT2D eigenvalue weighted by Gasteiger charge is 2.16. The van der Waals surface area contributed by atoms with Gasteiger partial charge in [-0.05, 0) is 20.8 Å². The summed E-state index contributed by atoms with van der Waals surface area (Å²) in [6.07, 6.45) is -1.36. The number of amides is 1. The molecule has 0 aromatic heterocycles. The molecule has 0 saturated carbocycles. The number of nitrogens with two attached hydrogens (primary N) is 1. The molecule has 0 unspecified atom stereocenters. The van der Waals surface area contributed by atoms with Crippen LogP contribution in [-0.4, -0.2) is 16.6 Å². The van der Waals surface area contributed by atoms with Crippen LogP contribution in [0.4, 0.5) is 4.79 Å². The molecule has 0 aromatic rings. The van der Waals surface area contributed by atoms with Crippen LogP contribution in [0.5, 0.6) is 0 Å². The van der Waals surface area contributed by atoms with Gasteiger partial charge in [-0.1, -0.05) is 0 Å². The normalized spacial score (nSPS) is 11.1. The van der Waals surface area contributed by atoms with Crippen LogP contribution in [0.2, 0.25) is 0 Å². The van der Waals surface area contributed by atoms with Gasteiger partial charge in [0.25, 0.3) is 0 Å². The Labute approximate surface area is 54.2 Å². The molecule has 0 rings (SSSR count). The Hall–Kier alpha value is -0.770. The van der Waals surface area contributed by atoms with Crippen LogP contribution in [0.15, 0.2) is 0 Å². The third-order valence-corrected chi connectivity index (χ3v) is 0.919. The van der Waals surface area contributed by atoms with Gasteiger partial charge in [-0.2, -0.15) is 0 Å². The van der Waals surface area contributed by atoms with Crippen LogP contribution in [0, 0.1) is 0 Å². The smallest absolute Gasteiger partial charge is 0.152 e. The van der Waals surface area contributed by atoms with E-state index in [-0.39, 0.29) is 0 Å². The number of hydrogen-bond acceptors (Lipinski definition) is 3. The Balaban J connectivity index is 4.04. The van der Waals surface area contributed by atoms with Gasteiger partial charge in [0, 0.05) is 5.54 Å². The highest BCUT2D eigenvalue weighted by atomic mass is 16.4. The lowest BCUT2D eigenvalue weighted by Crippen LogP contribution is -2.55. The fourth-order valence-corrected chi connectivity index (χ4v) is 0.274. The van der Waals surface area contributed by atoms with Crippen molar-refractivity contribution in [3.05, 3.63) is 0 Å². The fraction of sp³-hybridized carbons (Fsp3) is 0.800. The van der Waals surface area contributed by atoms with Gasteiger partial charge >= 0.3 is 0 Å². The van der Waals surface area contributed by atoms with Gasteiger partial charge < -0.3 is 9.90 Å². The molecule has 2 N–H and O–H groups in total. The average molecular weight is 131 g/mol. The van der Waals surface area contributed by atoms with Crippen molar-refractivity contribution >= 4 is 6.09 Å². The van der Waals surface area contributed by atoms with Gasteiger partial charge in [-0.25, -0.2) is 5.84 Å². The Morgan fingerprint density at radius 3 is 1.89 bits per heavy atom. The fourth-order valence-electron chi connectivity index (χ4n) is 0.274. The zero-order valence-corrected chi connectivity index (χ0v) is 5.84. The summed E-state index contributed by atoms with van der Waals surface area (Å²) in [6.45, 7) is 5.05. The Morgan fingerprint density at radius 1 is 1.56 bits per heavy atom. The van der Waals surface area contributed by atoms with Crippen molar-refractivity contribution < 1.29 is 9.90 Å². The van der Waals surface area contributed by atoms with Crippen LogP contribution < -0.4 is 10.9 Å². The second kappa shape index (κ2) is 2.23. The topological polar surface area (TPSA) is 69.4 Å². The van der Waals surface area contributed by atoms with Gasteiger partial charge in [0.15, 0.2) is 6.09 Å². The van der Waals surface area contributed by atoms with E-state index in [1.165, 1.54) is 0 Å². The van der Waals surface area contributed by atoms with Crippen molar-refractivity contribution in [3.63, 3.8) is 0 Å². The van der Waals surface area contributed by atoms with E-state index < -0.39 is 11.6 Å². The molecule has 0 aromatic carbocycles. The number of carbonyl (C=O) groups excluding carboxylic acids is 1. The number of rotatable bonds is 0. The molecule has 0 saturated heterocycles. The van der Waals surface area contributed by atoms with Crippen LogP contribution in [0.1, 0.15) is 20.8 Å². The first-order valence-corrected chi connectivity index (χ1v) is 2.61. The maximum atomic E-state index is 10.0. The Bertz CT molecular complexity index is 117. The minimum atomic E-state index is -1.36. The Morgan fingerprint density at radius 2 is 1.89 bits per heavy atom. The van der Waals surface area contributed by atoms with Crippen LogP contribution >= 0.6 is 0 Å². The van der Waals surface area contributed by atoms with Crippen molar-refractivity contribution in [2.75, 3.05) is 0 Å². The molecule has 0 heterocycles. The van der Waals surface area contributed by atoms with E-state index in [4.69, 9.17) is 5.84 Å². The molecular weight excluding hydrogens is 120 g/mol. The van der Waals surface area contributed by atoms with Gasteiger partial charge in [0.05, 0.1) is 0 Å². The summed E-state index contributed by atoms with van der Waals surface area (Å²) in [5.41, 5.74) is -0.571. The minimum absolute atomic E-state index is 0.571. The number of hydrogen-bond donors (Lipinski definition) is 1. The number of hydrazine groups is 1. The third kappa shape index (κ3) is 2.32. The Kier molecular flexibility index (Phi) is 2.03. The van der Waals surface area contributed by atoms with E-state index in [0.29, 0.717) is 5.01 Å². The lowest BCUT2D eigenvalue weighted by Gasteiger charge is -2.32. The summed E-state index contributed by atoms with van der Waals surface area (Å²) in [4.78, 5) is 10.0. The van der Waals surface area contributed by atoms with E-state index in [9.17, 15) is 9.90 Å². The molecule has 1 amide bonds. The zero-order valence-electron chi connectivity index (χ0n) is 5.84. The number of nitrogens with zero attached hydrogens (tertiary/aromatic N) is 1. The molecule has 0 radical (unpaired) electrons. The highest BCUT2D eigenvalue weighted by Crippen LogP contribution is 2.06. The van der Waals surface area contributed by atoms with Crippen molar-refractivity contribution in [1.29, 1.82) is 0 Å². The zero-order chi connectivity index (χ0) is 7.65. The first-order valence-electron chi connectivity index (χ1n) is 2.61. The van der Waals surface area contributed by atoms with Gasteiger partial charge in [-0.3, -0.25) is 5.01 Å². The first-order chi connectivity index (χ1) is 3.85. The van der Waals surface area contributed by atoms with E-state index in [0.717, 1.165) is 0 Å². The van der Waals surface area contributed by atoms with Crippen LogP contribution in [0.25, 0.3) is 0 Å². The molecule has 4 nitrogen and oxygen atoms in total. The molecule has 0 atom stereocenters. The monoisotopic (exact) mass is 131 g/mol. The van der Waals surface area contributed by atoms with Gasteiger partial charge in [0.1, 0.15) is 0 Å². The summed E-state index contributed by atoms with van der Waals surface area (Å²) in [7, 11) is 0. The molecule has 0 aliphatic heterocycles. The first kappa shape index (κ1) is 8.23. The maximum absolute atomic E-state index is 10.0. The molecule has 0 fully saturated rings. The molecular formula is C5H11N2O2-. The predicted molar refractivity (Wildman–Crippen MR) is 31.2 cm³/mol. The molecule has 9 heavy (non-hydrogen) atoms. The number of carbonyl (C=O) groups is 1. The third-order valence-electron chi connectivity index (χ3n) is 0.919. The average Bonchev–Trinajstić information content (AvgIpc) is 1.62. The van der Waals surface area contributed by atoms with E-state index in [2.05, 4.69) is 0 Å². The molecule has 0 bridgehead atoms. The summed E-state index contributed by atoms with van der Waals surface area (Å²) in [5, 5.41) is 10.7. The summed E-state index contributed by atoms with van der Waals surface area (Å²) < 4.78 is 0. The second-order valence-corrected chi connectivity index (χ2v) is 2.81. The maximum Gasteiger partial charge on any atom is 0.152 e. The standard InChI is InChI=1S/C5H12N2O2/c1-5(2,3)7(6)4(8)9/h6H2,1-3H3,(H,8,9)/p-1. The minimum Gasteiger partial charge on any atom is -0.529 e. The van der Waals surface area contributed by atoms with Crippen molar-refractivity contribution in [2.24, 2.45) is 5.84 Å². The molecule has 0 spiro atoms. The predicted octanol–water partition coefficient (Wildman–Crippen LogP) is -0.696. The molecule has 4 heteroatoms. The quantitative estimate of drug-likeness (QED) is 0.268. The lowest BCUT2D eigenvalue weighted by atomic mass is 10.1.